The Balaban J connectivity index is 2.09. The average molecular weight is 612 g/mol. The lowest BCUT2D eigenvalue weighted by molar-refractivity contribution is -0.312. The molecule has 4 unspecified atom stereocenters. The van der Waals surface area contributed by atoms with Crippen molar-refractivity contribution in [3.05, 3.63) is 10.4 Å². The summed E-state index contributed by atoms with van der Waals surface area (Å²) in [5.41, 5.74) is 9.04. The molecule has 17 nitrogen and oxygen atoms in total. The second-order valence-electron chi connectivity index (χ2n) is 9.24. The normalized spacial score (nSPS) is 33.9. The predicted octanol–water partition coefficient (Wildman–Crippen LogP) is -0.0642. The first kappa shape index (κ1) is 32.8. The highest BCUT2D eigenvalue weighted by Crippen LogP contribution is 2.37. The van der Waals surface area contributed by atoms with E-state index in [2.05, 4.69) is 10.0 Å². The molecule has 3 rings (SSSR count). The topological polar surface area (TPSA) is 220 Å². The van der Waals surface area contributed by atoms with Crippen molar-refractivity contribution >= 4 is 29.8 Å². The van der Waals surface area contributed by atoms with E-state index in [0.717, 1.165) is 27.7 Å². The van der Waals surface area contributed by atoms with E-state index in [1.165, 1.54) is 0 Å². The summed E-state index contributed by atoms with van der Waals surface area (Å²) in [7, 11) is 0. The van der Waals surface area contributed by atoms with E-state index in [0.29, 0.717) is 0 Å². The SMILES string of the molecule is CC(=O)OCC1O[C@@H](O[C@@H]2C3CO[C@H](O3)C(N=[N+]=[N-])[C@@H]2OC(C)=O)C(NC(=O)C(F)(F)F)[C@@H](OC(C)=O)[C@@H]1OC(C)=O. The fraction of sp³-hybridized carbons (Fsp3) is 0.773. The summed E-state index contributed by atoms with van der Waals surface area (Å²) in [6, 6.07) is -3.36. The molecule has 0 spiro atoms. The molecule has 234 valence electrons. The summed E-state index contributed by atoms with van der Waals surface area (Å²) < 4.78 is 83.4. The van der Waals surface area contributed by atoms with Crippen LogP contribution in [0, 0.1) is 0 Å². The van der Waals surface area contributed by atoms with E-state index >= 15 is 0 Å². The monoisotopic (exact) mass is 612 g/mol. The molecule has 0 radical (unpaired) electrons. The maximum Gasteiger partial charge on any atom is 0.471 e. The van der Waals surface area contributed by atoms with Gasteiger partial charge in [0, 0.05) is 32.6 Å². The zero-order valence-electron chi connectivity index (χ0n) is 22.5. The first-order valence-electron chi connectivity index (χ1n) is 12.3. The number of amides is 1. The van der Waals surface area contributed by atoms with E-state index in [4.69, 9.17) is 43.4 Å². The van der Waals surface area contributed by atoms with Crippen molar-refractivity contribution in [1.82, 2.24) is 5.32 Å². The third-order valence-corrected chi connectivity index (χ3v) is 6.07. The van der Waals surface area contributed by atoms with Crippen LogP contribution in [0.2, 0.25) is 0 Å². The summed E-state index contributed by atoms with van der Waals surface area (Å²) in [4.78, 5) is 62.1. The van der Waals surface area contributed by atoms with Crippen LogP contribution in [-0.2, 0) is 61.9 Å². The van der Waals surface area contributed by atoms with Crippen LogP contribution in [0.3, 0.4) is 0 Å². The number of rotatable bonds is 9. The van der Waals surface area contributed by atoms with Crippen molar-refractivity contribution in [2.24, 2.45) is 5.11 Å². The Labute approximate surface area is 234 Å². The van der Waals surface area contributed by atoms with Gasteiger partial charge in [0.25, 0.3) is 0 Å². The number of alkyl halides is 3. The fourth-order valence-electron chi connectivity index (χ4n) is 4.59. The minimum Gasteiger partial charge on any atom is -0.463 e. The van der Waals surface area contributed by atoms with Crippen molar-refractivity contribution in [1.29, 1.82) is 0 Å². The van der Waals surface area contributed by atoms with Gasteiger partial charge in [0.05, 0.1) is 6.61 Å². The summed E-state index contributed by atoms with van der Waals surface area (Å²) in [5.74, 6) is -6.24. The predicted molar refractivity (Wildman–Crippen MR) is 122 cm³/mol. The third kappa shape index (κ3) is 7.97. The van der Waals surface area contributed by atoms with Gasteiger partial charge in [0.1, 0.15) is 43.1 Å². The summed E-state index contributed by atoms with van der Waals surface area (Å²) >= 11 is 0. The Morgan fingerprint density at radius 2 is 1.50 bits per heavy atom. The lowest BCUT2D eigenvalue weighted by Crippen LogP contribution is -2.69. The quantitative estimate of drug-likeness (QED) is 0.119. The van der Waals surface area contributed by atoms with Crippen molar-refractivity contribution in [3.8, 4) is 0 Å². The highest BCUT2D eigenvalue weighted by atomic mass is 19.4. The smallest absolute Gasteiger partial charge is 0.463 e. The minimum absolute atomic E-state index is 0.211. The first-order valence-corrected chi connectivity index (χ1v) is 12.3. The molecular weight excluding hydrogens is 585 g/mol. The number of hydrogen-bond acceptors (Lipinski definition) is 14. The number of ether oxygens (including phenoxy) is 8. The van der Waals surface area contributed by atoms with Crippen molar-refractivity contribution in [2.45, 2.75) is 95.2 Å². The van der Waals surface area contributed by atoms with E-state index in [1.807, 2.05) is 0 Å². The van der Waals surface area contributed by atoms with Gasteiger partial charge in [-0.1, -0.05) is 5.11 Å². The molecule has 0 saturated carbocycles. The summed E-state index contributed by atoms with van der Waals surface area (Å²) in [6.07, 6.45) is -17.7. The summed E-state index contributed by atoms with van der Waals surface area (Å²) in [5, 5.41) is 5.16. The molecule has 2 bridgehead atoms. The van der Waals surface area contributed by atoms with Gasteiger partial charge >= 0.3 is 36.0 Å². The Hall–Kier alpha value is -3.71. The summed E-state index contributed by atoms with van der Waals surface area (Å²) in [6.45, 7) is 3.01. The molecule has 3 saturated heterocycles. The molecule has 10 atom stereocenters. The van der Waals surface area contributed by atoms with Crippen molar-refractivity contribution in [3.63, 3.8) is 0 Å². The van der Waals surface area contributed by atoms with Gasteiger partial charge in [-0.3, -0.25) is 24.0 Å². The van der Waals surface area contributed by atoms with Crippen molar-refractivity contribution in [2.75, 3.05) is 13.2 Å². The van der Waals surface area contributed by atoms with Gasteiger partial charge < -0.3 is 43.2 Å². The highest BCUT2D eigenvalue weighted by molar-refractivity contribution is 5.82. The molecular formula is C22H27F3N4O13. The number of carbonyl (C=O) groups is 5. The van der Waals surface area contributed by atoms with Crippen LogP contribution in [0.15, 0.2) is 5.11 Å². The second-order valence-corrected chi connectivity index (χ2v) is 9.24. The Kier molecular flexibility index (Phi) is 10.6. The van der Waals surface area contributed by atoms with Crippen LogP contribution in [0.4, 0.5) is 13.2 Å². The van der Waals surface area contributed by atoms with E-state index in [9.17, 15) is 37.1 Å². The molecule has 20 heteroatoms. The number of esters is 4. The zero-order valence-corrected chi connectivity index (χ0v) is 22.5. The second kappa shape index (κ2) is 13.5. The maximum atomic E-state index is 13.4. The Morgan fingerprint density at radius 1 is 0.905 bits per heavy atom. The van der Waals surface area contributed by atoms with Gasteiger partial charge in [-0.2, -0.15) is 13.2 Å². The highest BCUT2D eigenvalue weighted by Gasteiger charge is 2.58. The number of nitrogens with one attached hydrogen (secondary N) is 1. The Morgan fingerprint density at radius 3 is 2.05 bits per heavy atom. The molecule has 0 aromatic carbocycles. The van der Waals surface area contributed by atoms with E-state index < -0.39 is 104 Å². The molecule has 3 fully saturated rings. The number of azide groups is 1. The van der Waals surface area contributed by atoms with E-state index in [1.54, 1.807) is 5.32 Å². The third-order valence-electron chi connectivity index (χ3n) is 6.07. The standard InChI is InChI=1S/C22H27F3N4O13/c1-7(30)35-5-11-15(37-8(2)31)17(38-9(3)32)13(27-21(34)22(23,24)25)20(41-11)42-16-12-6-36-19(40-12)14(28-29-26)18(16)39-10(4)33/h11-20H,5-6H2,1-4H3,(H,27,34)/t11?,12?,13?,14?,15-,16-,17-,18+,19-,20+/m1/s1. The number of fused-ring (bicyclic) bond motifs is 2. The van der Waals surface area contributed by atoms with Crippen LogP contribution in [0.25, 0.3) is 10.4 Å². The molecule has 3 heterocycles. The fourth-order valence-corrected chi connectivity index (χ4v) is 4.59. The molecule has 1 amide bonds. The molecule has 1 N–H and O–H groups in total. The van der Waals surface area contributed by atoms with E-state index in [-0.39, 0.29) is 6.61 Å². The first-order chi connectivity index (χ1) is 19.6. The van der Waals surface area contributed by atoms with Gasteiger partial charge in [0.15, 0.2) is 24.8 Å². The molecule has 0 aromatic heterocycles. The number of carbonyl (C=O) groups excluding carboxylic acids is 5. The zero-order chi connectivity index (χ0) is 31.4. The number of halogens is 3. The lowest BCUT2D eigenvalue weighted by Gasteiger charge is -2.47. The maximum absolute atomic E-state index is 13.4. The Bertz CT molecular complexity index is 1120. The van der Waals surface area contributed by atoms with Crippen LogP contribution in [-0.4, -0.2) is 110 Å². The van der Waals surface area contributed by atoms with Gasteiger partial charge in [-0.25, -0.2) is 0 Å². The van der Waals surface area contributed by atoms with Crippen LogP contribution in [0.1, 0.15) is 27.7 Å². The number of hydrogen-bond donors (Lipinski definition) is 1. The molecule has 3 aliphatic heterocycles. The molecule has 0 aromatic rings. The van der Waals surface area contributed by atoms with Gasteiger partial charge in [-0.15, -0.1) is 0 Å². The molecule has 0 aliphatic carbocycles. The van der Waals surface area contributed by atoms with Crippen LogP contribution >= 0.6 is 0 Å². The largest absolute Gasteiger partial charge is 0.471 e. The van der Waals surface area contributed by atoms with Crippen LogP contribution < -0.4 is 5.32 Å². The van der Waals surface area contributed by atoms with Crippen molar-refractivity contribution < 1.29 is 75.0 Å². The van der Waals surface area contributed by atoms with Gasteiger partial charge in [0.2, 0.25) is 0 Å². The molecule has 3 aliphatic rings. The van der Waals surface area contributed by atoms with Gasteiger partial charge in [-0.05, 0) is 5.53 Å². The minimum atomic E-state index is -5.44. The average Bonchev–Trinajstić information content (AvgIpc) is 3.30. The lowest BCUT2D eigenvalue weighted by atomic mass is 9.94. The number of nitrogens with zero attached hydrogens (tertiary/aromatic N) is 3. The van der Waals surface area contributed by atoms with Crippen LogP contribution in [0.5, 0.6) is 0 Å². The molecule has 42 heavy (non-hydrogen) atoms.